The first-order valence-electron chi connectivity index (χ1n) is 7.38. The lowest BCUT2D eigenvalue weighted by atomic mass is 10.3. The average molecular weight is 360 g/mol. The Kier molecular flexibility index (Phi) is 4.61. The minimum Gasteiger partial charge on any atom is -0.364 e. The Labute approximate surface area is 144 Å². The maximum atomic E-state index is 12.4. The van der Waals surface area contributed by atoms with E-state index in [-0.39, 0.29) is 22.2 Å². The minimum atomic E-state index is -3.84. The van der Waals surface area contributed by atoms with E-state index in [0.717, 1.165) is 5.56 Å². The number of aryl methyl sites for hydroxylation is 2. The fourth-order valence-corrected chi connectivity index (χ4v) is 3.55. The fourth-order valence-electron chi connectivity index (χ4n) is 2.22. The van der Waals surface area contributed by atoms with Gasteiger partial charge in [-0.15, -0.1) is 10.2 Å². The third kappa shape index (κ3) is 3.91. The topological polar surface area (TPSA) is 123 Å². The van der Waals surface area contributed by atoms with E-state index in [1.807, 2.05) is 12.1 Å². The lowest BCUT2D eigenvalue weighted by Crippen LogP contribution is -2.16. The summed E-state index contributed by atoms with van der Waals surface area (Å²) < 4.78 is 32.1. The molecular formula is C15H16N6O3S. The molecule has 0 amide bonds. The van der Waals surface area contributed by atoms with Crippen molar-refractivity contribution in [3.05, 3.63) is 53.7 Å². The zero-order valence-corrected chi connectivity index (χ0v) is 14.4. The van der Waals surface area contributed by atoms with Crippen molar-refractivity contribution in [2.24, 2.45) is 0 Å². The van der Waals surface area contributed by atoms with Crippen molar-refractivity contribution in [1.29, 1.82) is 0 Å². The lowest BCUT2D eigenvalue weighted by Gasteiger charge is -2.08. The number of rotatable bonds is 6. The van der Waals surface area contributed by atoms with E-state index >= 15 is 0 Å². The molecule has 0 spiro atoms. The van der Waals surface area contributed by atoms with Crippen molar-refractivity contribution < 1.29 is 12.9 Å². The molecule has 130 valence electrons. The summed E-state index contributed by atoms with van der Waals surface area (Å²) in [6, 6.07) is 6.93. The summed E-state index contributed by atoms with van der Waals surface area (Å²) in [6.07, 6.45) is 3.44. The van der Waals surface area contributed by atoms with E-state index in [1.165, 1.54) is 13.0 Å². The summed E-state index contributed by atoms with van der Waals surface area (Å²) in [7, 11) is -3.84. The maximum absolute atomic E-state index is 12.4. The number of pyridine rings is 1. The zero-order chi connectivity index (χ0) is 17.9. The average Bonchev–Trinajstić information content (AvgIpc) is 2.94. The van der Waals surface area contributed by atoms with Crippen LogP contribution in [0.15, 0.2) is 46.1 Å². The SMILES string of the molecule is Cc1noc(C)c1S(=O)(=O)Nc1ccc(NCc2cccnc2)nn1. The van der Waals surface area contributed by atoms with Crippen molar-refractivity contribution in [3.8, 4) is 0 Å². The predicted octanol–water partition coefficient (Wildman–Crippen LogP) is 1.89. The molecule has 0 bridgehead atoms. The normalized spacial score (nSPS) is 11.3. The largest absolute Gasteiger partial charge is 0.364 e. The van der Waals surface area contributed by atoms with Gasteiger partial charge in [0.1, 0.15) is 11.5 Å². The lowest BCUT2D eigenvalue weighted by molar-refractivity contribution is 0.390. The first-order chi connectivity index (χ1) is 12.0. The summed E-state index contributed by atoms with van der Waals surface area (Å²) in [5, 5.41) is 14.6. The van der Waals surface area contributed by atoms with Crippen LogP contribution in [-0.4, -0.2) is 28.8 Å². The molecule has 3 aromatic heterocycles. The van der Waals surface area contributed by atoms with Crippen molar-refractivity contribution >= 4 is 21.7 Å². The van der Waals surface area contributed by atoms with Crippen LogP contribution in [0.5, 0.6) is 0 Å². The molecule has 0 unspecified atom stereocenters. The van der Waals surface area contributed by atoms with Gasteiger partial charge in [0.2, 0.25) is 0 Å². The van der Waals surface area contributed by atoms with Crippen LogP contribution in [0.25, 0.3) is 0 Å². The molecule has 0 fully saturated rings. The number of aromatic nitrogens is 4. The highest BCUT2D eigenvalue weighted by Gasteiger charge is 2.24. The molecule has 0 atom stereocenters. The zero-order valence-electron chi connectivity index (χ0n) is 13.6. The van der Waals surface area contributed by atoms with Gasteiger partial charge in [0, 0.05) is 18.9 Å². The number of anilines is 2. The number of nitrogens with zero attached hydrogens (tertiary/aromatic N) is 4. The molecule has 0 radical (unpaired) electrons. The van der Waals surface area contributed by atoms with Crippen LogP contribution in [0, 0.1) is 13.8 Å². The van der Waals surface area contributed by atoms with E-state index in [2.05, 4.69) is 30.4 Å². The first kappa shape index (κ1) is 16.8. The molecule has 0 saturated heterocycles. The monoisotopic (exact) mass is 360 g/mol. The highest BCUT2D eigenvalue weighted by Crippen LogP contribution is 2.21. The molecular weight excluding hydrogens is 344 g/mol. The second-order valence-corrected chi connectivity index (χ2v) is 6.90. The molecule has 0 aromatic carbocycles. The first-order valence-corrected chi connectivity index (χ1v) is 8.86. The number of hydrogen-bond donors (Lipinski definition) is 2. The number of hydrogen-bond acceptors (Lipinski definition) is 8. The standard InChI is InChI=1S/C15H16N6O3S/c1-10-15(11(2)24-20-10)25(22,23)21-14-6-5-13(18-19-14)17-9-12-4-3-7-16-8-12/h3-8H,9H2,1-2H3,(H,17,18)(H,19,21). The molecule has 3 rings (SSSR count). The smallest absolute Gasteiger partial charge is 0.268 e. The van der Waals surface area contributed by atoms with E-state index in [0.29, 0.717) is 12.4 Å². The molecule has 0 aliphatic carbocycles. The Balaban J connectivity index is 1.68. The van der Waals surface area contributed by atoms with E-state index in [1.54, 1.807) is 25.4 Å². The molecule has 2 N–H and O–H groups in total. The molecule has 25 heavy (non-hydrogen) atoms. The number of sulfonamides is 1. The Morgan fingerprint density at radius 2 is 1.88 bits per heavy atom. The third-order valence-electron chi connectivity index (χ3n) is 3.34. The van der Waals surface area contributed by atoms with Crippen LogP contribution >= 0.6 is 0 Å². The van der Waals surface area contributed by atoms with Crippen LogP contribution in [-0.2, 0) is 16.6 Å². The molecule has 0 aliphatic heterocycles. The van der Waals surface area contributed by atoms with Gasteiger partial charge in [-0.3, -0.25) is 9.71 Å². The van der Waals surface area contributed by atoms with Gasteiger partial charge in [0.05, 0.1) is 0 Å². The summed E-state index contributed by atoms with van der Waals surface area (Å²) in [5.74, 6) is 0.837. The van der Waals surface area contributed by atoms with Gasteiger partial charge in [-0.2, -0.15) is 0 Å². The molecule has 9 nitrogen and oxygen atoms in total. The van der Waals surface area contributed by atoms with E-state index in [9.17, 15) is 8.42 Å². The van der Waals surface area contributed by atoms with Gasteiger partial charge in [0.25, 0.3) is 10.0 Å². The summed E-state index contributed by atoms with van der Waals surface area (Å²) in [4.78, 5) is 4.03. The van der Waals surface area contributed by atoms with Crippen molar-refractivity contribution in [3.63, 3.8) is 0 Å². The van der Waals surface area contributed by atoms with Gasteiger partial charge in [0.15, 0.2) is 16.5 Å². The Bertz CT molecular complexity index is 935. The Morgan fingerprint density at radius 1 is 1.12 bits per heavy atom. The summed E-state index contributed by atoms with van der Waals surface area (Å²) in [6.45, 7) is 3.63. The van der Waals surface area contributed by atoms with Crippen LogP contribution in [0.4, 0.5) is 11.6 Å². The molecule has 0 aliphatic rings. The van der Waals surface area contributed by atoms with Gasteiger partial charge >= 0.3 is 0 Å². The molecule has 3 heterocycles. The minimum absolute atomic E-state index is 0.00748. The second-order valence-electron chi connectivity index (χ2n) is 5.28. The van der Waals surface area contributed by atoms with Crippen LogP contribution in [0.1, 0.15) is 17.0 Å². The maximum Gasteiger partial charge on any atom is 0.268 e. The third-order valence-corrected chi connectivity index (χ3v) is 4.93. The molecule has 10 heteroatoms. The predicted molar refractivity (Wildman–Crippen MR) is 90.4 cm³/mol. The second kappa shape index (κ2) is 6.85. The van der Waals surface area contributed by atoms with Crippen LogP contribution in [0.3, 0.4) is 0 Å². The van der Waals surface area contributed by atoms with E-state index in [4.69, 9.17) is 4.52 Å². The van der Waals surface area contributed by atoms with Crippen molar-refractivity contribution in [2.75, 3.05) is 10.0 Å². The highest BCUT2D eigenvalue weighted by molar-refractivity contribution is 7.92. The van der Waals surface area contributed by atoms with Crippen molar-refractivity contribution in [2.45, 2.75) is 25.3 Å². The van der Waals surface area contributed by atoms with E-state index < -0.39 is 10.0 Å². The van der Waals surface area contributed by atoms with Gasteiger partial charge in [-0.25, -0.2) is 8.42 Å². The van der Waals surface area contributed by atoms with Crippen LogP contribution < -0.4 is 10.0 Å². The number of nitrogens with one attached hydrogen (secondary N) is 2. The Morgan fingerprint density at radius 3 is 2.48 bits per heavy atom. The fraction of sp³-hybridized carbons (Fsp3) is 0.200. The molecule has 3 aromatic rings. The quantitative estimate of drug-likeness (QED) is 0.683. The van der Waals surface area contributed by atoms with Gasteiger partial charge in [-0.1, -0.05) is 11.2 Å². The summed E-state index contributed by atoms with van der Waals surface area (Å²) >= 11 is 0. The Hall–Kier alpha value is -3.01. The summed E-state index contributed by atoms with van der Waals surface area (Å²) in [5.41, 5.74) is 1.28. The highest BCUT2D eigenvalue weighted by atomic mass is 32.2. The van der Waals surface area contributed by atoms with Crippen LogP contribution in [0.2, 0.25) is 0 Å². The van der Waals surface area contributed by atoms with Gasteiger partial charge < -0.3 is 9.84 Å². The van der Waals surface area contributed by atoms with Gasteiger partial charge in [-0.05, 0) is 37.6 Å². The van der Waals surface area contributed by atoms with Crippen molar-refractivity contribution in [1.82, 2.24) is 20.3 Å². The molecule has 0 saturated carbocycles.